The largest absolute Gasteiger partial charge is 0.456 e. The molecule has 0 aliphatic carbocycles. The van der Waals surface area contributed by atoms with Crippen molar-refractivity contribution in [2.75, 3.05) is 0 Å². The molecule has 0 aliphatic rings. The maximum Gasteiger partial charge on any atom is 0.143 e. The number of halogens is 7. The van der Waals surface area contributed by atoms with Gasteiger partial charge in [-0.15, -0.1) is 0 Å². The fraction of sp³-hybridized carbons (Fsp3) is 0. The van der Waals surface area contributed by atoms with E-state index in [1.165, 1.54) is 87.9 Å². The highest BCUT2D eigenvalue weighted by molar-refractivity contribution is 14.1. The third-order valence-electron chi connectivity index (χ3n) is 17.2. The fourth-order valence-electron chi connectivity index (χ4n) is 12.0. The summed E-state index contributed by atoms with van der Waals surface area (Å²) in [5, 5.41) is 7.00. The molecule has 100 heavy (non-hydrogen) atoms. The van der Waals surface area contributed by atoms with Gasteiger partial charge in [0.25, 0.3) is 0 Å². The summed E-state index contributed by atoms with van der Waals surface area (Å²) in [6, 6.07) is 120. The van der Waals surface area contributed by atoms with Crippen LogP contribution < -0.4 is 0 Å². The average molecular weight is 1890 g/mol. The Bertz CT molecular complexity index is 5680. The summed E-state index contributed by atoms with van der Waals surface area (Å²) in [5.41, 5.74) is 22.6. The molecule has 0 aliphatic heterocycles. The van der Waals surface area contributed by atoms with Gasteiger partial charge in [-0.05, 0) is 250 Å². The van der Waals surface area contributed by atoms with Gasteiger partial charge >= 0.3 is 0 Å². The second-order valence-corrected chi connectivity index (χ2v) is 31.0. The summed E-state index contributed by atoms with van der Waals surface area (Å²) in [5.74, 6) is 0. The molecule has 0 bridgehead atoms. The molecule has 0 unspecified atom stereocenters. The van der Waals surface area contributed by atoms with Crippen LogP contribution in [0.2, 0.25) is 0 Å². The number of fused-ring (bicyclic) bond motifs is 9. The third-order valence-corrected chi connectivity index (χ3v) is 21.4. The number of hydrogen-bond acceptors (Lipinski definition) is 3. The van der Waals surface area contributed by atoms with Crippen LogP contribution >= 0.6 is 131 Å². The summed E-state index contributed by atoms with van der Waals surface area (Å²) in [6.07, 6.45) is 0. The first-order chi connectivity index (χ1) is 48.9. The van der Waals surface area contributed by atoms with Gasteiger partial charge in [-0.1, -0.05) is 294 Å². The molecule has 15 aromatic carbocycles. The van der Waals surface area contributed by atoms with Crippen molar-refractivity contribution in [3.8, 4) is 77.9 Å². The van der Waals surface area contributed by atoms with E-state index in [1.54, 1.807) is 0 Å². The lowest BCUT2D eigenvalue weighted by Crippen LogP contribution is -1.81. The quantitative estimate of drug-likeness (QED) is 0.149. The molecule has 0 fully saturated rings. The molecule has 0 saturated heterocycles. The lowest BCUT2D eigenvalue weighted by molar-refractivity contribution is 0.669. The first-order valence-electron chi connectivity index (χ1n) is 32.1. The monoisotopic (exact) mass is 1880 g/mol. The Morgan fingerprint density at radius 3 is 0.750 bits per heavy atom. The fourth-order valence-corrected chi connectivity index (χ4v) is 14.2. The molecule has 3 aromatic heterocycles. The lowest BCUT2D eigenvalue weighted by atomic mass is 9.99. The summed E-state index contributed by atoms with van der Waals surface area (Å²) in [7, 11) is 0. The minimum atomic E-state index is 0.932. The van der Waals surface area contributed by atoms with Gasteiger partial charge in [-0.3, -0.25) is 0 Å². The van der Waals surface area contributed by atoms with Crippen molar-refractivity contribution in [3.63, 3.8) is 0 Å². The number of furan rings is 3. The van der Waals surface area contributed by atoms with Crippen molar-refractivity contribution < 1.29 is 13.3 Å². The molecule has 3 nitrogen and oxygen atoms in total. The molecule has 18 aromatic rings. The van der Waals surface area contributed by atoms with Crippen LogP contribution in [0.4, 0.5) is 0 Å². The Balaban J connectivity index is 0.000000108. The lowest BCUT2D eigenvalue weighted by Gasteiger charge is -2.06. The van der Waals surface area contributed by atoms with E-state index in [9.17, 15) is 0 Å². The Kier molecular flexibility index (Phi) is 22.2. The minimum Gasteiger partial charge on any atom is -0.456 e. The van der Waals surface area contributed by atoms with E-state index in [0.29, 0.717) is 0 Å². The Morgan fingerprint density at radius 2 is 0.410 bits per heavy atom. The van der Waals surface area contributed by atoms with Gasteiger partial charge < -0.3 is 13.3 Å². The molecule has 3 heterocycles. The number of benzene rings is 15. The highest BCUT2D eigenvalue weighted by Gasteiger charge is 2.15. The zero-order chi connectivity index (χ0) is 68.5. The predicted molar refractivity (Wildman–Crippen MR) is 461 cm³/mol. The second-order valence-electron chi connectivity index (χ2n) is 23.6. The van der Waals surface area contributed by atoms with Gasteiger partial charge in [0.2, 0.25) is 0 Å². The van der Waals surface area contributed by atoms with Crippen LogP contribution in [0.1, 0.15) is 0 Å². The predicted octanol–water partition coefficient (Wildman–Crippen LogP) is 30.7. The number of hydrogen-bond donors (Lipinski definition) is 0. The van der Waals surface area contributed by atoms with E-state index >= 15 is 0 Å². The average Bonchev–Trinajstić information content (AvgIpc) is 1.63. The van der Waals surface area contributed by atoms with Crippen molar-refractivity contribution in [1.29, 1.82) is 0 Å². The summed E-state index contributed by atoms with van der Waals surface area (Å²) in [6.45, 7) is 0. The Morgan fingerprint density at radius 1 is 0.180 bits per heavy atom. The summed E-state index contributed by atoms with van der Waals surface area (Å²) < 4.78 is 26.3. The highest BCUT2D eigenvalue weighted by atomic mass is 127. The summed E-state index contributed by atoms with van der Waals surface area (Å²) in [4.78, 5) is 0. The van der Waals surface area contributed by atoms with E-state index < -0.39 is 0 Å². The van der Waals surface area contributed by atoms with Crippen LogP contribution in [-0.4, -0.2) is 0 Å². The normalized spacial score (nSPS) is 10.9. The van der Waals surface area contributed by atoms with Crippen molar-refractivity contribution in [2.24, 2.45) is 0 Å². The zero-order valence-electron chi connectivity index (χ0n) is 53.3. The Labute approximate surface area is 655 Å². The van der Waals surface area contributed by atoms with E-state index in [2.05, 4.69) is 423 Å². The molecule has 0 N–H and O–H groups in total. The van der Waals surface area contributed by atoms with Crippen LogP contribution in [-0.2, 0) is 0 Å². The van der Waals surface area contributed by atoms with E-state index in [-0.39, 0.29) is 0 Å². The highest BCUT2D eigenvalue weighted by Crippen LogP contribution is 2.39. The van der Waals surface area contributed by atoms with Gasteiger partial charge in [0.05, 0.1) is 0 Å². The topological polar surface area (TPSA) is 39.4 Å². The number of para-hydroxylation sites is 5. The SMILES string of the molecule is Brc1ccc(-c2ccc(-c3cccc4c3oc3ccccc34)cc2)cc1.Brc1ccc(-c2ccc(I)cc2)cc1.Brc1ccc(-c2ccc3oc4ccccc4c3c2)cc1.Brc1ccc(-c2cccc3c2oc2ccccc23)cc1.Ic1ccc(-c2ccc(-c3ccc(I)cc3)cc2)cc1. The minimum absolute atomic E-state index is 0.932. The van der Waals surface area contributed by atoms with Gasteiger partial charge in [0.15, 0.2) is 0 Å². The molecule has 0 radical (unpaired) electrons. The van der Waals surface area contributed by atoms with Crippen LogP contribution in [0.3, 0.4) is 0 Å². The van der Waals surface area contributed by atoms with Crippen LogP contribution in [0.25, 0.3) is 144 Å². The Hall–Kier alpha value is -8.19. The van der Waals surface area contributed by atoms with E-state index in [4.69, 9.17) is 13.3 Å². The zero-order valence-corrected chi connectivity index (χ0v) is 66.1. The molecule has 484 valence electrons. The van der Waals surface area contributed by atoms with Gasteiger partial charge in [0.1, 0.15) is 33.5 Å². The van der Waals surface area contributed by atoms with E-state index in [1.807, 2.05) is 54.6 Å². The summed E-state index contributed by atoms with van der Waals surface area (Å²) >= 11 is 20.8. The smallest absolute Gasteiger partial charge is 0.143 e. The second kappa shape index (κ2) is 32.2. The van der Waals surface area contributed by atoms with Crippen molar-refractivity contribution in [1.82, 2.24) is 0 Å². The van der Waals surface area contributed by atoms with Crippen LogP contribution in [0.15, 0.2) is 377 Å². The van der Waals surface area contributed by atoms with Crippen molar-refractivity contribution in [2.45, 2.75) is 0 Å². The number of rotatable bonds is 7. The van der Waals surface area contributed by atoms with Crippen LogP contribution in [0, 0.1) is 10.7 Å². The maximum absolute atomic E-state index is 6.16. The molecule has 10 heteroatoms. The van der Waals surface area contributed by atoms with Gasteiger partial charge in [0, 0.05) is 72.0 Å². The van der Waals surface area contributed by atoms with Crippen molar-refractivity contribution >= 4 is 197 Å². The molecular weight excluding hydrogens is 1830 g/mol. The molecule has 0 amide bonds. The molecular formula is C90H57Br4I3O3. The molecule has 0 spiro atoms. The van der Waals surface area contributed by atoms with Crippen molar-refractivity contribution in [3.05, 3.63) is 374 Å². The first-order valence-corrected chi connectivity index (χ1v) is 38.6. The standard InChI is InChI=1S/C24H15BrO.2C18H11BrO.C18H12I2.C12H8BrI/c25-19-14-12-17(13-15-19)16-8-10-18(11-9-16)20-5-3-6-22-21-4-1-2-7-23(21)26-24(20)22;19-13-10-8-12(9-11-13)14-5-3-6-16-15-4-1-2-7-17(15)20-18(14)16;19-14-8-5-12(6-9-14)13-7-10-18-16(11-13)15-3-1-2-4-17(15)20-18;19-17-9-5-15(6-10-17)13-1-2-14(4-3-13)16-7-11-18(20)12-8-16;13-11-5-1-9(2-6-11)10-3-7-12(14)8-4-10/h1-15H;2*1-11H;1-12H;1-8H. The first kappa shape index (κ1) is 68.9. The molecule has 18 rings (SSSR count). The van der Waals surface area contributed by atoms with Gasteiger partial charge in [-0.25, -0.2) is 0 Å². The third kappa shape index (κ3) is 16.4. The van der Waals surface area contributed by atoms with Gasteiger partial charge in [-0.2, -0.15) is 0 Å². The molecule has 0 atom stereocenters. The maximum atomic E-state index is 6.16. The van der Waals surface area contributed by atoms with Crippen LogP contribution in [0.5, 0.6) is 0 Å². The molecule has 0 saturated carbocycles. The van der Waals surface area contributed by atoms with E-state index in [0.717, 1.165) is 84.4 Å².